The smallest absolute Gasteiger partial charge is 0.236 e. The number of carbonyl (C=O) groups excluding carboxylic acids is 1. The van der Waals surface area contributed by atoms with E-state index >= 15 is 0 Å². The molecule has 5 N–H and O–H groups in total. The Labute approximate surface area is 144 Å². The normalized spacial score (nSPS) is 10.1. The number of aromatic nitrogens is 3. The van der Waals surface area contributed by atoms with Crippen LogP contribution in [0.4, 0.5) is 29.2 Å². The third kappa shape index (κ3) is 4.90. The minimum atomic E-state index is -0.504. The van der Waals surface area contributed by atoms with Gasteiger partial charge in [0, 0.05) is 11.4 Å². The molecule has 25 heavy (non-hydrogen) atoms. The van der Waals surface area contributed by atoms with Crippen LogP contribution in [0.2, 0.25) is 0 Å². The van der Waals surface area contributed by atoms with Crippen LogP contribution in [-0.2, 0) is 4.79 Å². The number of rotatable bonds is 7. The lowest BCUT2D eigenvalue weighted by atomic mass is 10.3. The fourth-order valence-corrected chi connectivity index (χ4v) is 2.03. The van der Waals surface area contributed by atoms with Crippen molar-refractivity contribution in [3.8, 4) is 0 Å². The van der Waals surface area contributed by atoms with Gasteiger partial charge in [0.05, 0.1) is 6.54 Å². The first-order valence-corrected chi connectivity index (χ1v) is 7.61. The number of benzene rings is 2. The number of anilines is 5. The standard InChI is InChI=1S/C17H17N7O/c18-14(25)11-19-15-22-16(20-12-7-3-1-4-8-12)24-17(23-15)21-13-9-5-2-6-10-13/h1-10H,11H2,(H2,18,25)(H3,19,20,21,22,23,24). The Kier molecular flexibility index (Phi) is 5.01. The molecule has 0 atom stereocenters. The summed E-state index contributed by atoms with van der Waals surface area (Å²) in [6.07, 6.45) is 0. The molecule has 0 saturated heterocycles. The summed E-state index contributed by atoms with van der Waals surface area (Å²) in [6.45, 7) is -0.0699. The summed E-state index contributed by atoms with van der Waals surface area (Å²) in [5.74, 6) is 0.416. The largest absolute Gasteiger partial charge is 0.368 e. The quantitative estimate of drug-likeness (QED) is 0.523. The Morgan fingerprint density at radius 1 is 0.760 bits per heavy atom. The SMILES string of the molecule is NC(=O)CNc1nc(Nc2ccccc2)nc(Nc2ccccc2)n1. The summed E-state index contributed by atoms with van der Waals surface area (Å²) >= 11 is 0. The molecule has 0 aliphatic carbocycles. The van der Waals surface area contributed by atoms with E-state index in [4.69, 9.17) is 5.73 Å². The second kappa shape index (κ2) is 7.73. The first-order valence-electron chi connectivity index (χ1n) is 7.61. The second-order valence-corrected chi connectivity index (χ2v) is 5.11. The van der Waals surface area contributed by atoms with Gasteiger partial charge in [-0.1, -0.05) is 36.4 Å². The van der Waals surface area contributed by atoms with E-state index < -0.39 is 5.91 Å². The first-order chi connectivity index (χ1) is 12.2. The molecule has 0 unspecified atom stereocenters. The summed E-state index contributed by atoms with van der Waals surface area (Å²) in [6, 6.07) is 19.0. The van der Waals surface area contributed by atoms with E-state index in [-0.39, 0.29) is 12.5 Å². The summed E-state index contributed by atoms with van der Waals surface area (Å²) < 4.78 is 0. The highest BCUT2D eigenvalue weighted by atomic mass is 16.1. The zero-order chi connectivity index (χ0) is 17.5. The van der Waals surface area contributed by atoms with Crippen LogP contribution in [-0.4, -0.2) is 27.4 Å². The van der Waals surface area contributed by atoms with E-state index in [1.807, 2.05) is 60.7 Å². The van der Waals surface area contributed by atoms with Gasteiger partial charge in [-0.2, -0.15) is 15.0 Å². The molecule has 0 saturated carbocycles. The van der Waals surface area contributed by atoms with Crippen molar-refractivity contribution in [1.29, 1.82) is 0 Å². The number of carbonyl (C=O) groups is 1. The van der Waals surface area contributed by atoms with Crippen LogP contribution in [0.3, 0.4) is 0 Å². The molecule has 3 aromatic rings. The van der Waals surface area contributed by atoms with Crippen LogP contribution in [0.1, 0.15) is 0 Å². The molecule has 0 aliphatic rings. The van der Waals surface area contributed by atoms with Gasteiger partial charge in [-0.05, 0) is 24.3 Å². The van der Waals surface area contributed by atoms with Crippen molar-refractivity contribution in [2.45, 2.75) is 0 Å². The Morgan fingerprint density at radius 3 is 1.64 bits per heavy atom. The van der Waals surface area contributed by atoms with Crippen molar-refractivity contribution in [3.05, 3.63) is 60.7 Å². The third-order valence-corrected chi connectivity index (χ3v) is 3.12. The second-order valence-electron chi connectivity index (χ2n) is 5.11. The van der Waals surface area contributed by atoms with E-state index in [1.54, 1.807) is 0 Å². The summed E-state index contributed by atoms with van der Waals surface area (Å²) in [4.78, 5) is 23.8. The van der Waals surface area contributed by atoms with Gasteiger partial charge in [-0.25, -0.2) is 0 Å². The molecule has 8 heteroatoms. The Morgan fingerprint density at radius 2 is 1.20 bits per heavy atom. The van der Waals surface area contributed by atoms with Crippen LogP contribution in [0.15, 0.2) is 60.7 Å². The summed E-state index contributed by atoms with van der Waals surface area (Å²) in [7, 11) is 0. The molecule has 0 spiro atoms. The lowest BCUT2D eigenvalue weighted by Crippen LogP contribution is -2.23. The number of nitrogens with two attached hydrogens (primary N) is 1. The van der Waals surface area contributed by atoms with Gasteiger partial charge in [0.2, 0.25) is 23.8 Å². The highest BCUT2D eigenvalue weighted by Crippen LogP contribution is 2.18. The molecule has 1 amide bonds. The third-order valence-electron chi connectivity index (χ3n) is 3.12. The van der Waals surface area contributed by atoms with Crippen LogP contribution >= 0.6 is 0 Å². The first kappa shape index (κ1) is 16.2. The van der Waals surface area contributed by atoms with Gasteiger partial charge in [0.1, 0.15) is 0 Å². The minimum Gasteiger partial charge on any atom is -0.368 e. The minimum absolute atomic E-state index is 0.0699. The maximum Gasteiger partial charge on any atom is 0.236 e. The molecule has 3 rings (SSSR count). The molecule has 0 fully saturated rings. The average molecular weight is 335 g/mol. The Hall–Kier alpha value is -3.68. The van der Waals surface area contributed by atoms with Crippen molar-refractivity contribution in [3.63, 3.8) is 0 Å². The fraction of sp³-hybridized carbons (Fsp3) is 0.0588. The molecule has 126 valence electrons. The molecule has 8 nitrogen and oxygen atoms in total. The van der Waals surface area contributed by atoms with Gasteiger partial charge in [0.25, 0.3) is 0 Å². The number of para-hydroxylation sites is 2. The molecular weight excluding hydrogens is 318 g/mol. The van der Waals surface area contributed by atoms with Gasteiger partial charge in [0.15, 0.2) is 0 Å². The van der Waals surface area contributed by atoms with Crippen LogP contribution < -0.4 is 21.7 Å². The van der Waals surface area contributed by atoms with Crippen molar-refractivity contribution in [2.75, 3.05) is 22.5 Å². The van der Waals surface area contributed by atoms with E-state index in [2.05, 4.69) is 30.9 Å². The molecule has 0 aliphatic heterocycles. The van der Waals surface area contributed by atoms with Gasteiger partial charge in [-0.15, -0.1) is 0 Å². The van der Waals surface area contributed by atoms with Gasteiger partial charge in [-0.3, -0.25) is 4.79 Å². The van der Waals surface area contributed by atoms with Crippen molar-refractivity contribution >= 4 is 35.1 Å². The average Bonchev–Trinajstić information content (AvgIpc) is 2.61. The molecule has 1 aromatic heterocycles. The molecule has 0 bridgehead atoms. The number of nitrogens with zero attached hydrogens (tertiary/aromatic N) is 3. The summed E-state index contributed by atoms with van der Waals surface area (Å²) in [5.41, 5.74) is 6.83. The molecule has 1 heterocycles. The Balaban J connectivity index is 1.86. The van der Waals surface area contributed by atoms with Gasteiger partial charge >= 0.3 is 0 Å². The van der Waals surface area contributed by atoms with Crippen molar-refractivity contribution < 1.29 is 4.79 Å². The van der Waals surface area contributed by atoms with Crippen molar-refractivity contribution in [1.82, 2.24) is 15.0 Å². The molecule has 2 aromatic carbocycles. The predicted octanol–water partition coefficient (Wildman–Crippen LogP) is 2.26. The highest BCUT2D eigenvalue weighted by molar-refractivity contribution is 5.78. The van der Waals surface area contributed by atoms with Crippen LogP contribution in [0.5, 0.6) is 0 Å². The predicted molar refractivity (Wildman–Crippen MR) is 97.0 cm³/mol. The Bertz CT molecular complexity index is 780. The van der Waals surface area contributed by atoms with Gasteiger partial charge < -0.3 is 21.7 Å². The lowest BCUT2D eigenvalue weighted by Gasteiger charge is -2.10. The lowest BCUT2D eigenvalue weighted by molar-refractivity contribution is -0.116. The number of amides is 1. The molecular formula is C17H17N7O. The summed E-state index contributed by atoms with van der Waals surface area (Å²) in [5, 5.41) is 8.98. The van der Waals surface area contributed by atoms with E-state index in [0.717, 1.165) is 11.4 Å². The van der Waals surface area contributed by atoms with Crippen LogP contribution in [0.25, 0.3) is 0 Å². The fourth-order valence-electron chi connectivity index (χ4n) is 2.03. The molecule has 0 radical (unpaired) electrons. The van der Waals surface area contributed by atoms with E-state index in [0.29, 0.717) is 11.9 Å². The van der Waals surface area contributed by atoms with Crippen molar-refractivity contribution in [2.24, 2.45) is 5.73 Å². The van der Waals surface area contributed by atoms with E-state index in [9.17, 15) is 4.79 Å². The zero-order valence-electron chi connectivity index (χ0n) is 13.3. The number of primary amides is 1. The highest BCUT2D eigenvalue weighted by Gasteiger charge is 2.08. The number of hydrogen-bond donors (Lipinski definition) is 4. The topological polar surface area (TPSA) is 118 Å². The zero-order valence-corrected chi connectivity index (χ0v) is 13.3. The maximum atomic E-state index is 11.0. The number of hydrogen-bond acceptors (Lipinski definition) is 7. The monoisotopic (exact) mass is 335 g/mol. The van der Waals surface area contributed by atoms with Crippen LogP contribution in [0, 0.1) is 0 Å². The maximum absolute atomic E-state index is 11.0. The number of nitrogens with one attached hydrogen (secondary N) is 3. The van der Waals surface area contributed by atoms with E-state index in [1.165, 1.54) is 0 Å².